The number of benzene rings is 2. The van der Waals surface area contributed by atoms with E-state index < -0.39 is 0 Å². The van der Waals surface area contributed by atoms with Crippen molar-refractivity contribution < 1.29 is 4.92 Å². The Morgan fingerprint density at radius 2 is 1.83 bits per heavy atom. The molecule has 0 saturated carbocycles. The molecule has 1 heterocycles. The van der Waals surface area contributed by atoms with Gasteiger partial charge in [0.2, 0.25) is 0 Å². The van der Waals surface area contributed by atoms with Gasteiger partial charge in [-0.1, -0.05) is 42.5 Å². The lowest BCUT2D eigenvalue weighted by molar-refractivity contribution is -0.384. The molecular formula is C19H21N3O2. The van der Waals surface area contributed by atoms with E-state index in [2.05, 4.69) is 35.9 Å². The van der Waals surface area contributed by atoms with E-state index in [-0.39, 0.29) is 22.2 Å². The zero-order valence-electron chi connectivity index (χ0n) is 13.9. The summed E-state index contributed by atoms with van der Waals surface area (Å²) in [6, 6.07) is 17.2. The first-order chi connectivity index (χ1) is 11.4. The number of hydrogen-bond acceptors (Lipinski definition) is 4. The number of nitro groups is 1. The average Bonchev–Trinajstić information content (AvgIpc) is 2.93. The van der Waals surface area contributed by atoms with Gasteiger partial charge < -0.3 is 4.90 Å². The number of hydrogen-bond donors (Lipinski definition) is 0. The van der Waals surface area contributed by atoms with Crippen LogP contribution in [-0.2, 0) is 6.42 Å². The van der Waals surface area contributed by atoms with Crippen molar-refractivity contribution in [2.45, 2.75) is 31.8 Å². The molecule has 1 unspecified atom stereocenters. The van der Waals surface area contributed by atoms with Gasteiger partial charge in [0.1, 0.15) is 0 Å². The Kier molecular flexibility index (Phi) is 4.34. The summed E-state index contributed by atoms with van der Waals surface area (Å²) in [5.41, 5.74) is 2.32. The number of nitrogens with zero attached hydrogens (tertiary/aromatic N) is 3. The summed E-state index contributed by atoms with van der Waals surface area (Å²) in [7, 11) is 0. The van der Waals surface area contributed by atoms with Gasteiger partial charge in [-0.2, -0.15) is 0 Å². The third-order valence-electron chi connectivity index (χ3n) is 4.29. The molecule has 124 valence electrons. The fraction of sp³-hybridized carbons (Fsp3) is 0.316. The molecule has 1 aliphatic heterocycles. The monoisotopic (exact) mass is 323 g/mol. The van der Waals surface area contributed by atoms with Crippen LogP contribution in [0, 0.1) is 10.1 Å². The molecule has 0 bridgehead atoms. The number of rotatable bonds is 5. The van der Waals surface area contributed by atoms with E-state index in [1.165, 1.54) is 5.56 Å². The maximum atomic E-state index is 10.9. The Hall–Kier alpha value is -2.69. The summed E-state index contributed by atoms with van der Waals surface area (Å²) in [4.78, 5) is 17.3. The molecule has 0 saturated heterocycles. The molecule has 3 rings (SSSR count). The molecular weight excluding hydrogens is 302 g/mol. The summed E-state index contributed by atoms with van der Waals surface area (Å²) in [6.07, 6.45) is 2.75. The van der Waals surface area contributed by atoms with Gasteiger partial charge in [-0.3, -0.25) is 15.1 Å². The van der Waals surface area contributed by atoms with E-state index in [0.717, 1.165) is 18.5 Å². The second-order valence-corrected chi connectivity index (χ2v) is 6.78. The van der Waals surface area contributed by atoms with Crippen LogP contribution in [0.3, 0.4) is 0 Å². The quantitative estimate of drug-likeness (QED) is 0.617. The van der Waals surface area contributed by atoms with Crippen molar-refractivity contribution >= 4 is 12.0 Å². The maximum Gasteiger partial charge on any atom is 0.269 e. The van der Waals surface area contributed by atoms with Crippen molar-refractivity contribution in [2.24, 2.45) is 4.99 Å². The van der Waals surface area contributed by atoms with Gasteiger partial charge in [0.25, 0.3) is 5.69 Å². The average molecular weight is 323 g/mol. The van der Waals surface area contributed by atoms with E-state index in [1.807, 2.05) is 36.7 Å². The minimum absolute atomic E-state index is 0.101. The molecule has 2 aromatic rings. The van der Waals surface area contributed by atoms with Gasteiger partial charge in [-0.15, -0.1) is 0 Å². The second kappa shape index (κ2) is 6.43. The first-order valence-corrected chi connectivity index (χ1v) is 8.04. The highest BCUT2D eigenvalue weighted by Crippen LogP contribution is 2.30. The Bertz CT molecular complexity index is 739. The molecule has 5 heteroatoms. The Labute approximate surface area is 141 Å². The van der Waals surface area contributed by atoms with Gasteiger partial charge in [0.05, 0.1) is 22.8 Å². The summed E-state index contributed by atoms with van der Waals surface area (Å²) < 4.78 is 0. The van der Waals surface area contributed by atoms with Gasteiger partial charge in [-0.05, 0) is 31.4 Å². The Morgan fingerprint density at radius 3 is 2.38 bits per heavy atom. The SMILES string of the molecule is CC1(C)CN(C(Cc2ccccc2)c2ccc([N+](=O)[O-])cc2)C=N1. The minimum Gasteiger partial charge on any atom is -0.353 e. The highest BCUT2D eigenvalue weighted by molar-refractivity contribution is 5.60. The summed E-state index contributed by atoms with van der Waals surface area (Å²) in [5, 5.41) is 10.9. The molecule has 24 heavy (non-hydrogen) atoms. The van der Waals surface area contributed by atoms with Gasteiger partial charge >= 0.3 is 0 Å². The summed E-state index contributed by atoms with van der Waals surface area (Å²) in [5.74, 6) is 0. The fourth-order valence-corrected chi connectivity index (χ4v) is 3.03. The second-order valence-electron chi connectivity index (χ2n) is 6.78. The minimum atomic E-state index is -0.365. The van der Waals surface area contributed by atoms with Crippen LogP contribution in [0.25, 0.3) is 0 Å². The van der Waals surface area contributed by atoms with Crippen molar-refractivity contribution in [1.82, 2.24) is 4.90 Å². The lowest BCUT2D eigenvalue weighted by atomic mass is 9.96. The zero-order chi connectivity index (χ0) is 17.2. The Balaban J connectivity index is 1.89. The number of aliphatic imine (C=N–C) groups is 1. The number of nitro benzene ring substituents is 1. The van der Waals surface area contributed by atoms with Gasteiger partial charge in [0.15, 0.2) is 0 Å². The Morgan fingerprint density at radius 1 is 1.17 bits per heavy atom. The van der Waals surface area contributed by atoms with Crippen LogP contribution in [-0.4, -0.2) is 28.2 Å². The smallest absolute Gasteiger partial charge is 0.269 e. The van der Waals surface area contributed by atoms with Gasteiger partial charge in [-0.25, -0.2) is 0 Å². The molecule has 0 fully saturated rings. The normalized spacial score (nSPS) is 17.0. The van der Waals surface area contributed by atoms with Crippen LogP contribution in [0.1, 0.15) is 31.0 Å². The topological polar surface area (TPSA) is 58.7 Å². The van der Waals surface area contributed by atoms with Crippen LogP contribution in [0.5, 0.6) is 0 Å². The van der Waals surface area contributed by atoms with Crippen molar-refractivity contribution in [3.05, 3.63) is 75.8 Å². The van der Waals surface area contributed by atoms with E-state index in [1.54, 1.807) is 12.1 Å². The highest BCUT2D eigenvalue weighted by atomic mass is 16.6. The van der Waals surface area contributed by atoms with Crippen molar-refractivity contribution in [3.63, 3.8) is 0 Å². The molecule has 0 aromatic heterocycles. The van der Waals surface area contributed by atoms with Gasteiger partial charge in [0, 0.05) is 18.7 Å². The van der Waals surface area contributed by atoms with Crippen LogP contribution in [0.2, 0.25) is 0 Å². The standard InChI is InChI=1S/C19H21N3O2/c1-19(2)13-21(14-20-19)18(12-15-6-4-3-5-7-15)16-8-10-17(11-9-16)22(23)24/h3-11,14,18H,12-13H2,1-2H3. The van der Waals surface area contributed by atoms with Crippen molar-refractivity contribution in [3.8, 4) is 0 Å². The predicted octanol–water partition coefficient (Wildman–Crippen LogP) is 4.00. The molecule has 0 N–H and O–H groups in total. The third-order valence-corrected chi connectivity index (χ3v) is 4.29. The predicted molar refractivity (Wildman–Crippen MR) is 95.3 cm³/mol. The molecule has 0 spiro atoms. The van der Waals surface area contributed by atoms with Crippen LogP contribution < -0.4 is 0 Å². The molecule has 5 nitrogen and oxygen atoms in total. The third kappa shape index (κ3) is 3.62. The van der Waals surface area contributed by atoms with Crippen LogP contribution in [0.4, 0.5) is 5.69 Å². The molecule has 1 aliphatic rings. The molecule has 0 aliphatic carbocycles. The van der Waals surface area contributed by atoms with Crippen LogP contribution in [0.15, 0.2) is 59.6 Å². The van der Waals surface area contributed by atoms with E-state index in [4.69, 9.17) is 0 Å². The summed E-state index contributed by atoms with van der Waals surface area (Å²) in [6.45, 7) is 5.05. The zero-order valence-corrected chi connectivity index (χ0v) is 13.9. The van der Waals surface area contributed by atoms with Crippen LogP contribution >= 0.6 is 0 Å². The first-order valence-electron chi connectivity index (χ1n) is 8.04. The highest BCUT2D eigenvalue weighted by Gasteiger charge is 2.30. The number of non-ortho nitro benzene ring substituents is 1. The largest absolute Gasteiger partial charge is 0.353 e. The summed E-state index contributed by atoms with van der Waals surface area (Å²) >= 11 is 0. The van der Waals surface area contributed by atoms with Crippen molar-refractivity contribution in [1.29, 1.82) is 0 Å². The maximum absolute atomic E-state index is 10.9. The lowest BCUT2D eigenvalue weighted by Gasteiger charge is -2.30. The van der Waals surface area contributed by atoms with E-state index in [0.29, 0.717) is 0 Å². The fourth-order valence-electron chi connectivity index (χ4n) is 3.03. The van der Waals surface area contributed by atoms with Crippen molar-refractivity contribution in [2.75, 3.05) is 6.54 Å². The van der Waals surface area contributed by atoms with E-state index >= 15 is 0 Å². The van der Waals surface area contributed by atoms with E-state index in [9.17, 15) is 10.1 Å². The molecule has 0 amide bonds. The first kappa shape index (κ1) is 16.2. The molecule has 1 atom stereocenters. The molecule has 0 radical (unpaired) electrons. The molecule has 2 aromatic carbocycles. The lowest BCUT2D eigenvalue weighted by Crippen LogP contribution is -2.33.